The Hall–Kier alpha value is -3.57. The molecule has 0 atom stereocenters. The SMILES string of the molecule is COc1ccc(-c2noc(CCCC(=O)Nc3cc(C(F)(F)F)cc(C(F)(F)F)c3)n2)cc1. The first-order chi connectivity index (χ1) is 15.5. The molecule has 0 bridgehead atoms. The molecule has 0 saturated carbocycles. The normalized spacial score (nSPS) is 12.0. The number of amides is 1. The number of aryl methyl sites for hydroxylation is 1. The average molecular weight is 473 g/mol. The molecule has 176 valence electrons. The topological polar surface area (TPSA) is 77.2 Å². The Labute approximate surface area is 183 Å². The van der Waals surface area contributed by atoms with E-state index in [1.54, 1.807) is 24.3 Å². The van der Waals surface area contributed by atoms with Crippen LogP contribution in [0.15, 0.2) is 47.0 Å². The highest BCUT2D eigenvalue weighted by atomic mass is 19.4. The minimum Gasteiger partial charge on any atom is -0.497 e. The van der Waals surface area contributed by atoms with Crippen molar-refractivity contribution in [2.75, 3.05) is 12.4 Å². The van der Waals surface area contributed by atoms with Crippen LogP contribution in [0.4, 0.5) is 32.0 Å². The van der Waals surface area contributed by atoms with Gasteiger partial charge < -0.3 is 14.6 Å². The van der Waals surface area contributed by atoms with Crippen molar-refractivity contribution in [1.82, 2.24) is 10.1 Å². The summed E-state index contributed by atoms with van der Waals surface area (Å²) >= 11 is 0. The highest BCUT2D eigenvalue weighted by Gasteiger charge is 2.37. The molecule has 0 unspecified atom stereocenters. The van der Waals surface area contributed by atoms with Gasteiger partial charge >= 0.3 is 12.4 Å². The van der Waals surface area contributed by atoms with Crippen LogP contribution >= 0.6 is 0 Å². The summed E-state index contributed by atoms with van der Waals surface area (Å²) in [6, 6.07) is 7.78. The Balaban J connectivity index is 1.59. The van der Waals surface area contributed by atoms with Gasteiger partial charge in [-0.05, 0) is 48.9 Å². The maximum atomic E-state index is 12.9. The number of hydrogen-bond donors (Lipinski definition) is 1. The van der Waals surface area contributed by atoms with Gasteiger partial charge in [0.1, 0.15) is 5.75 Å². The molecule has 0 aliphatic carbocycles. The number of benzene rings is 2. The monoisotopic (exact) mass is 473 g/mol. The highest BCUT2D eigenvalue weighted by molar-refractivity contribution is 5.90. The van der Waals surface area contributed by atoms with Crippen LogP contribution in [0, 0.1) is 0 Å². The van der Waals surface area contributed by atoms with Gasteiger partial charge in [0.05, 0.1) is 18.2 Å². The predicted octanol–water partition coefficient (Wildman–Crippen LogP) is 5.74. The van der Waals surface area contributed by atoms with E-state index in [-0.39, 0.29) is 31.2 Å². The van der Waals surface area contributed by atoms with E-state index in [1.807, 2.05) is 0 Å². The van der Waals surface area contributed by atoms with Crippen molar-refractivity contribution in [2.24, 2.45) is 0 Å². The fourth-order valence-corrected chi connectivity index (χ4v) is 2.86. The van der Waals surface area contributed by atoms with E-state index in [1.165, 1.54) is 7.11 Å². The summed E-state index contributed by atoms with van der Waals surface area (Å²) < 4.78 is 87.7. The fraction of sp³-hybridized carbons (Fsp3) is 0.286. The Morgan fingerprint density at radius 3 is 2.15 bits per heavy atom. The van der Waals surface area contributed by atoms with Crippen LogP contribution in [-0.4, -0.2) is 23.2 Å². The zero-order chi connectivity index (χ0) is 24.2. The van der Waals surface area contributed by atoms with Crippen LogP contribution in [0.1, 0.15) is 29.9 Å². The van der Waals surface area contributed by atoms with Gasteiger partial charge in [0.25, 0.3) is 0 Å². The van der Waals surface area contributed by atoms with E-state index in [2.05, 4.69) is 15.5 Å². The summed E-state index contributed by atoms with van der Waals surface area (Å²) in [6.45, 7) is 0. The van der Waals surface area contributed by atoms with Crippen molar-refractivity contribution in [3.8, 4) is 17.1 Å². The van der Waals surface area contributed by atoms with Crippen LogP contribution in [0.3, 0.4) is 0 Å². The summed E-state index contributed by atoms with van der Waals surface area (Å²) in [5.41, 5.74) is -2.94. The number of ether oxygens (including phenoxy) is 1. The molecule has 0 spiro atoms. The quantitative estimate of drug-likeness (QED) is 0.443. The second kappa shape index (κ2) is 9.51. The molecule has 12 heteroatoms. The van der Waals surface area contributed by atoms with Crippen LogP contribution in [-0.2, 0) is 23.6 Å². The summed E-state index contributed by atoms with van der Waals surface area (Å²) in [5, 5.41) is 5.91. The van der Waals surface area contributed by atoms with Gasteiger partial charge in [-0.1, -0.05) is 5.16 Å². The van der Waals surface area contributed by atoms with Gasteiger partial charge in [-0.2, -0.15) is 31.3 Å². The molecule has 0 aliphatic rings. The average Bonchev–Trinajstić information content (AvgIpc) is 3.21. The van der Waals surface area contributed by atoms with Crippen LogP contribution in [0.25, 0.3) is 11.4 Å². The largest absolute Gasteiger partial charge is 0.497 e. The zero-order valence-electron chi connectivity index (χ0n) is 17.0. The smallest absolute Gasteiger partial charge is 0.416 e. The van der Waals surface area contributed by atoms with E-state index in [0.29, 0.717) is 29.3 Å². The molecule has 0 fully saturated rings. The fourth-order valence-electron chi connectivity index (χ4n) is 2.86. The number of methoxy groups -OCH3 is 1. The molecule has 0 aliphatic heterocycles. The number of carbonyl (C=O) groups is 1. The van der Waals surface area contributed by atoms with Gasteiger partial charge in [-0.25, -0.2) is 0 Å². The molecule has 3 aromatic rings. The van der Waals surface area contributed by atoms with Gasteiger partial charge in [-0.3, -0.25) is 4.79 Å². The molecule has 33 heavy (non-hydrogen) atoms. The molecule has 0 radical (unpaired) electrons. The standard InChI is InChI=1S/C21H17F6N3O3/c1-32-16-7-5-12(6-8-16)19-29-18(33-30-19)4-2-3-17(31)28-15-10-13(20(22,23)24)9-14(11-15)21(25,26)27/h5-11H,2-4H2,1H3,(H,28,31). The first kappa shape index (κ1) is 24.1. The van der Waals surface area contributed by atoms with Gasteiger partial charge in [0, 0.05) is 24.1 Å². The number of hydrogen-bond acceptors (Lipinski definition) is 5. The van der Waals surface area contributed by atoms with Crippen molar-refractivity contribution in [3.63, 3.8) is 0 Å². The van der Waals surface area contributed by atoms with Crippen LogP contribution < -0.4 is 10.1 Å². The number of rotatable bonds is 7. The molecule has 1 amide bonds. The molecular formula is C21H17F6N3O3. The van der Waals surface area contributed by atoms with Crippen molar-refractivity contribution < 1.29 is 40.4 Å². The lowest BCUT2D eigenvalue weighted by molar-refractivity contribution is -0.143. The lowest BCUT2D eigenvalue weighted by atomic mass is 10.1. The van der Waals surface area contributed by atoms with Crippen LogP contribution in [0.5, 0.6) is 5.75 Å². The Morgan fingerprint density at radius 1 is 1.00 bits per heavy atom. The molecule has 0 saturated heterocycles. The second-order valence-corrected chi connectivity index (χ2v) is 6.94. The maximum absolute atomic E-state index is 12.9. The molecule has 1 aromatic heterocycles. The number of nitrogens with one attached hydrogen (secondary N) is 1. The lowest BCUT2D eigenvalue weighted by Gasteiger charge is -2.14. The molecular weight excluding hydrogens is 456 g/mol. The zero-order valence-corrected chi connectivity index (χ0v) is 17.0. The Kier molecular flexibility index (Phi) is 6.94. The predicted molar refractivity (Wildman–Crippen MR) is 104 cm³/mol. The van der Waals surface area contributed by atoms with Crippen molar-refractivity contribution in [3.05, 3.63) is 59.5 Å². The first-order valence-corrected chi connectivity index (χ1v) is 9.52. The molecule has 3 rings (SSSR count). The summed E-state index contributed by atoms with van der Waals surface area (Å²) in [6.07, 6.45) is -9.81. The number of anilines is 1. The van der Waals surface area contributed by atoms with Gasteiger partial charge in [0.15, 0.2) is 0 Å². The Bertz CT molecular complexity index is 1080. The number of halogens is 6. The summed E-state index contributed by atoms with van der Waals surface area (Å²) in [5.74, 6) is 0.446. The number of nitrogens with zero attached hydrogens (tertiary/aromatic N) is 2. The van der Waals surface area contributed by atoms with Gasteiger partial charge in [-0.15, -0.1) is 0 Å². The van der Waals surface area contributed by atoms with Crippen molar-refractivity contribution >= 4 is 11.6 Å². The van der Waals surface area contributed by atoms with Crippen molar-refractivity contribution in [1.29, 1.82) is 0 Å². The highest BCUT2D eigenvalue weighted by Crippen LogP contribution is 2.37. The van der Waals surface area contributed by atoms with Crippen molar-refractivity contribution in [2.45, 2.75) is 31.6 Å². The third-order valence-corrected chi connectivity index (χ3v) is 4.48. The third-order valence-electron chi connectivity index (χ3n) is 4.48. The minimum atomic E-state index is -5.00. The lowest BCUT2D eigenvalue weighted by Crippen LogP contribution is -2.15. The summed E-state index contributed by atoms with van der Waals surface area (Å²) in [4.78, 5) is 16.3. The third kappa shape index (κ3) is 6.46. The molecule has 2 aromatic carbocycles. The number of alkyl halides is 6. The molecule has 1 heterocycles. The van der Waals surface area contributed by atoms with Gasteiger partial charge in [0.2, 0.25) is 17.6 Å². The van der Waals surface area contributed by atoms with E-state index < -0.39 is 35.1 Å². The Morgan fingerprint density at radius 2 is 1.61 bits per heavy atom. The number of aromatic nitrogens is 2. The first-order valence-electron chi connectivity index (χ1n) is 9.52. The molecule has 6 nitrogen and oxygen atoms in total. The van der Waals surface area contributed by atoms with E-state index in [0.717, 1.165) is 0 Å². The number of carbonyl (C=O) groups excluding carboxylic acids is 1. The molecule has 1 N–H and O–H groups in total. The maximum Gasteiger partial charge on any atom is 0.416 e. The summed E-state index contributed by atoms with van der Waals surface area (Å²) in [7, 11) is 1.53. The second-order valence-electron chi connectivity index (χ2n) is 6.94. The van der Waals surface area contributed by atoms with Crippen LogP contribution in [0.2, 0.25) is 0 Å². The van der Waals surface area contributed by atoms with E-state index in [4.69, 9.17) is 9.26 Å². The van der Waals surface area contributed by atoms with E-state index in [9.17, 15) is 31.1 Å². The van der Waals surface area contributed by atoms with E-state index >= 15 is 0 Å². The minimum absolute atomic E-state index is 0.00830.